The molecule has 0 amide bonds. The summed E-state index contributed by atoms with van der Waals surface area (Å²) in [5.74, 6) is 0. The van der Waals surface area contributed by atoms with Crippen LogP contribution in [0.3, 0.4) is 0 Å². The van der Waals surface area contributed by atoms with Gasteiger partial charge < -0.3 is 4.12 Å². The molecule has 1 nitrogen and oxygen atoms in total. The molecule has 0 saturated heterocycles. The second kappa shape index (κ2) is 7.65. The predicted octanol–water partition coefficient (Wildman–Crippen LogP) is 7.36. The fraction of sp³-hybridized carbons (Fsp3) is 1.00. The lowest BCUT2D eigenvalue weighted by molar-refractivity contribution is 0.384. The average Bonchev–Trinajstić information content (AvgIpc) is 2.47. The molecule has 0 aliphatic heterocycles. The summed E-state index contributed by atoms with van der Waals surface area (Å²) in [7, 11) is -4.23. The predicted molar refractivity (Wildman–Crippen MR) is 104 cm³/mol. The lowest BCUT2D eigenvalue weighted by Gasteiger charge is -2.49. The summed E-state index contributed by atoms with van der Waals surface area (Å²) in [6.07, 6.45) is 13.6. The monoisotopic (exact) mass is 400 g/mol. The Morgan fingerprint density at radius 1 is 0.727 bits per heavy atom. The summed E-state index contributed by atoms with van der Waals surface area (Å²) < 4.78 is 5.72. The van der Waals surface area contributed by atoms with Gasteiger partial charge in [-0.15, -0.1) is 0 Å². The molecular weight excluding hydrogens is 371 g/mol. The Morgan fingerprint density at radius 3 is 1.41 bits per heavy atom. The van der Waals surface area contributed by atoms with Crippen molar-refractivity contribution in [3.8, 4) is 0 Å². The molecule has 0 radical (unpaired) electrons. The summed E-state index contributed by atoms with van der Waals surface area (Å²) in [4.78, 5) is 0. The average molecular weight is 402 g/mol. The van der Waals surface area contributed by atoms with E-state index in [0.29, 0.717) is 0 Å². The van der Waals surface area contributed by atoms with Crippen molar-refractivity contribution < 1.29 is 4.12 Å². The van der Waals surface area contributed by atoms with Gasteiger partial charge in [-0.25, -0.2) is 0 Å². The summed E-state index contributed by atoms with van der Waals surface area (Å²) in [5.41, 5.74) is 1.53. The van der Waals surface area contributed by atoms with Gasteiger partial charge in [-0.05, 0) is 30.7 Å². The molecule has 0 atom stereocenters. The number of halogens is 3. The van der Waals surface area contributed by atoms with Crippen molar-refractivity contribution in [2.24, 2.45) is 0 Å². The smallest absolute Gasteiger partial charge is 0.230 e. The maximum absolute atomic E-state index is 6.95. The van der Waals surface area contributed by atoms with Gasteiger partial charge in [-0.3, -0.25) is 0 Å². The van der Waals surface area contributed by atoms with Gasteiger partial charge in [0.2, 0.25) is 11.7 Å². The van der Waals surface area contributed by atoms with Crippen LogP contribution in [0.15, 0.2) is 0 Å². The van der Waals surface area contributed by atoms with Crippen LogP contribution in [0.5, 0.6) is 0 Å². The highest BCUT2D eigenvalue weighted by atomic mass is 35.6. The fourth-order valence-corrected chi connectivity index (χ4v) is 15.5. The molecule has 0 aromatic rings. The van der Waals surface area contributed by atoms with Crippen molar-refractivity contribution in [3.63, 3.8) is 0 Å². The Morgan fingerprint density at radius 2 is 1.09 bits per heavy atom. The highest BCUT2D eigenvalue weighted by molar-refractivity contribution is 7.04. The molecule has 2 aliphatic rings. The Hall–Kier alpha value is 1.26. The van der Waals surface area contributed by atoms with Gasteiger partial charge in [-0.1, -0.05) is 99.0 Å². The third kappa shape index (κ3) is 4.46. The van der Waals surface area contributed by atoms with Crippen LogP contribution in [0.25, 0.3) is 0 Å². The van der Waals surface area contributed by atoms with Crippen LogP contribution >= 0.6 is 34.8 Å². The van der Waals surface area contributed by atoms with E-state index in [1.54, 1.807) is 0 Å². The summed E-state index contributed by atoms with van der Waals surface area (Å²) >= 11 is 18.9. The Labute approximate surface area is 153 Å². The fourth-order valence-electron chi connectivity index (χ4n) is 4.46. The van der Waals surface area contributed by atoms with Crippen LogP contribution in [0.4, 0.5) is 0 Å². The molecule has 130 valence electrons. The van der Waals surface area contributed by atoms with Crippen molar-refractivity contribution in [1.82, 2.24) is 0 Å². The topological polar surface area (TPSA) is 9.23 Å². The first-order chi connectivity index (χ1) is 10.2. The molecule has 0 N–H and O–H groups in total. The minimum Gasteiger partial charge on any atom is -0.452 e. The van der Waals surface area contributed by atoms with E-state index in [1.807, 2.05) is 0 Å². The largest absolute Gasteiger partial charge is 0.452 e. The van der Waals surface area contributed by atoms with Gasteiger partial charge in [0.25, 0.3) is 0 Å². The molecule has 0 unspecified atom stereocenters. The van der Waals surface area contributed by atoms with E-state index < -0.39 is 20.1 Å². The SMILES string of the molecule is C[Si](O[Si](C)(C)C(Cl)(Cl)Cl)(C1CCCCC1)C1CCCCC1. The van der Waals surface area contributed by atoms with E-state index >= 15 is 0 Å². The number of rotatable bonds is 4. The van der Waals surface area contributed by atoms with E-state index in [9.17, 15) is 0 Å². The third-order valence-electron chi connectivity index (χ3n) is 5.99. The molecule has 2 aliphatic carbocycles. The van der Waals surface area contributed by atoms with Crippen LogP contribution in [-0.4, -0.2) is 20.1 Å². The first kappa shape index (κ1) is 19.6. The Bertz CT molecular complexity index is 341. The van der Waals surface area contributed by atoms with Crippen LogP contribution in [0.1, 0.15) is 64.2 Å². The van der Waals surface area contributed by atoms with E-state index in [4.69, 9.17) is 38.9 Å². The molecule has 2 rings (SSSR count). The molecule has 0 bridgehead atoms. The van der Waals surface area contributed by atoms with Crippen LogP contribution in [0.2, 0.25) is 30.7 Å². The molecule has 0 aromatic carbocycles. The quantitative estimate of drug-likeness (QED) is 0.353. The zero-order chi connectivity index (χ0) is 16.4. The van der Waals surface area contributed by atoms with Gasteiger partial charge >= 0.3 is 0 Å². The summed E-state index contributed by atoms with van der Waals surface area (Å²) in [6, 6.07) is 0. The lowest BCUT2D eigenvalue weighted by Crippen LogP contribution is -2.58. The van der Waals surface area contributed by atoms with Gasteiger partial charge in [-0.2, -0.15) is 0 Å². The van der Waals surface area contributed by atoms with E-state index in [-0.39, 0.29) is 0 Å². The molecule has 22 heavy (non-hydrogen) atoms. The lowest BCUT2D eigenvalue weighted by atomic mass is 9.99. The highest BCUT2D eigenvalue weighted by Crippen LogP contribution is 2.51. The zero-order valence-corrected chi connectivity index (χ0v) is 18.5. The second-order valence-corrected chi connectivity index (χ2v) is 19.8. The summed E-state index contributed by atoms with van der Waals surface area (Å²) in [5, 5.41) is 0. The maximum Gasteiger partial charge on any atom is 0.230 e. The molecule has 0 aromatic heterocycles. The van der Waals surface area contributed by atoms with Gasteiger partial charge in [0.05, 0.1) is 0 Å². The van der Waals surface area contributed by atoms with Crippen LogP contribution < -0.4 is 0 Å². The van der Waals surface area contributed by atoms with Crippen molar-refractivity contribution in [1.29, 1.82) is 0 Å². The van der Waals surface area contributed by atoms with Crippen molar-refractivity contribution >= 4 is 51.4 Å². The minimum atomic E-state index is -2.35. The van der Waals surface area contributed by atoms with Gasteiger partial charge in [0.1, 0.15) is 0 Å². The third-order valence-corrected chi connectivity index (χ3v) is 19.6. The standard InChI is InChI=1S/C16H31Cl3OSi2/c1-21(2,16(17,18)19)20-22(3,14-10-6-4-7-11-14)15-12-8-5-9-13-15/h14-15H,4-13H2,1-3H3. The zero-order valence-electron chi connectivity index (χ0n) is 14.3. The first-order valence-electron chi connectivity index (χ1n) is 8.94. The van der Waals surface area contributed by atoms with Crippen molar-refractivity contribution in [2.75, 3.05) is 0 Å². The molecule has 2 fully saturated rings. The normalized spacial score (nSPS) is 23.7. The van der Waals surface area contributed by atoms with E-state index in [1.165, 1.54) is 64.2 Å². The molecular formula is C16H31Cl3OSi2. The Balaban J connectivity index is 2.23. The maximum atomic E-state index is 6.95. The van der Waals surface area contributed by atoms with Crippen molar-refractivity contribution in [2.45, 2.75) is 98.3 Å². The molecule has 6 heteroatoms. The van der Waals surface area contributed by atoms with Crippen molar-refractivity contribution in [3.05, 3.63) is 0 Å². The summed E-state index contributed by atoms with van der Waals surface area (Å²) in [6.45, 7) is 6.66. The Kier molecular flexibility index (Phi) is 6.82. The number of hydrogen-bond acceptors (Lipinski definition) is 1. The molecule has 0 spiro atoms. The van der Waals surface area contributed by atoms with Gasteiger partial charge in [0.15, 0.2) is 8.32 Å². The first-order valence-corrected chi connectivity index (χ1v) is 15.5. The highest BCUT2D eigenvalue weighted by Gasteiger charge is 2.54. The number of alkyl halides is 3. The van der Waals surface area contributed by atoms with E-state index in [0.717, 1.165) is 11.1 Å². The minimum absolute atomic E-state index is 0.767. The second-order valence-electron chi connectivity index (χ2n) is 7.96. The van der Waals surface area contributed by atoms with Crippen LogP contribution in [0, 0.1) is 0 Å². The van der Waals surface area contributed by atoms with Crippen LogP contribution in [-0.2, 0) is 4.12 Å². The van der Waals surface area contributed by atoms with Gasteiger partial charge in [0, 0.05) is 0 Å². The van der Waals surface area contributed by atoms with E-state index in [2.05, 4.69) is 19.6 Å². The molecule has 2 saturated carbocycles. The molecule has 0 heterocycles. The number of hydrogen-bond donors (Lipinski definition) is 0.